The zero-order valence-electron chi connectivity index (χ0n) is 22.8. The molecule has 2 amide bonds. The highest BCUT2D eigenvalue weighted by Gasteiger charge is 2.51. The quantitative estimate of drug-likeness (QED) is 0.395. The van der Waals surface area contributed by atoms with Gasteiger partial charge in [-0.3, -0.25) is 0 Å². The van der Waals surface area contributed by atoms with Crippen LogP contribution in [0.3, 0.4) is 0 Å². The molecule has 5 rings (SSSR count). The van der Waals surface area contributed by atoms with Gasteiger partial charge in [0.1, 0.15) is 13.2 Å². The predicted octanol–water partition coefficient (Wildman–Crippen LogP) is 4.87. The van der Waals surface area contributed by atoms with Gasteiger partial charge in [0.2, 0.25) is 5.75 Å². The van der Waals surface area contributed by atoms with E-state index in [0.29, 0.717) is 36.8 Å². The standard InChI is InChI=1S/C30H33N3O7/c1-36-26-15-23(16-27(37-2)28(26)38-3)31-17-24-14-25(18-31)33(30(35)40-20-22-12-8-5-9-13-22)32(24)29(34)39-19-21-10-6-4-7-11-21/h4-13,15-16,24-25H,14,17-20H2,1-3H3/t24-,25+. The molecule has 2 aliphatic heterocycles. The molecule has 2 atom stereocenters. The van der Waals surface area contributed by atoms with Gasteiger partial charge in [0.05, 0.1) is 33.4 Å². The monoisotopic (exact) mass is 547 g/mol. The van der Waals surface area contributed by atoms with Crippen LogP contribution < -0.4 is 19.1 Å². The van der Waals surface area contributed by atoms with E-state index in [1.54, 1.807) is 21.3 Å². The molecule has 10 heteroatoms. The summed E-state index contributed by atoms with van der Waals surface area (Å²) in [6, 6.07) is 22.0. The molecule has 3 aromatic carbocycles. The largest absolute Gasteiger partial charge is 0.493 e. The van der Waals surface area contributed by atoms with Crippen molar-refractivity contribution in [3.05, 3.63) is 83.9 Å². The first-order valence-electron chi connectivity index (χ1n) is 13.1. The minimum atomic E-state index is -0.597. The van der Waals surface area contributed by atoms with Crippen molar-refractivity contribution in [2.75, 3.05) is 39.3 Å². The lowest BCUT2D eigenvalue weighted by molar-refractivity contribution is -0.0199. The molecule has 2 saturated heterocycles. The molecule has 40 heavy (non-hydrogen) atoms. The number of fused-ring (bicyclic) bond motifs is 2. The van der Waals surface area contributed by atoms with Gasteiger partial charge in [0.15, 0.2) is 11.5 Å². The molecule has 2 fully saturated rings. The lowest BCUT2D eigenvalue weighted by Gasteiger charge is -2.33. The lowest BCUT2D eigenvalue weighted by atomic mass is 10.0. The molecule has 2 bridgehead atoms. The number of hydrogen-bond acceptors (Lipinski definition) is 8. The fourth-order valence-corrected chi connectivity index (χ4v) is 5.26. The Morgan fingerprint density at radius 1 is 0.700 bits per heavy atom. The Morgan fingerprint density at radius 2 is 1.15 bits per heavy atom. The normalized spacial score (nSPS) is 17.8. The minimum absolute atomic E-state index is 0.0943. The Hall–Kier alpha value is -4.60. The van der Waals surface area contributed by atoms with Crippen LogP contribution in [0, 0.1) is 0 Å². The first-order chi connectivity index (χ1) is 19.5. The Kier molecular flexibility index (Phi) is 8.14. The van der Waals surface area contributed by atoms with Crippen molar-refractivity contribution >= 4 is 17.9 Å². The van der Waals surface area contributed by atoms with Gasteiger partial charge in [-0.15, -0.1) is 0 Å². The van der Waals surface area contributed by atoms with E-state index in [1.165, 1.54) is 10.0 Å². The maximum absolute atomic E-state index is 13.5. The molecule has 0 saturated carbocycles. The van der Waals surface area contributed by atoms with Gasteiger partial charge < -0.3 is 28.6 Å². The van der Waals surface area contributed by atoms with Crippen LogP contribution in [-0.4, -0.2) is 68.7 Å². The van der Waals surface area contributed by atoms with Gasteiger partial charge >= 0.3 is 12.2 Å². The second-order valence-electron chi connectivity index (χ2n) is 9.60. The highest BCUT2D eigenvalue weighted by Crippen LogP contribution is 2.43. The number of hydrogen-bond donors (Lipinski definition) is 0. The number of hydrazine groups is 1. The van der Waals surface area contributed by atoms with Crippen LogP contribution in [0.4, 0.5) is 15.3 Å². The summed E-state index contributed by atoms with van der Waals surface area (Å²) in [5.74, 6) is 1.53. The first-order valence-corrected chi connectivity index (χ1v) is 13.1. The fraction of sp³-hybridized carbons (Fsp3) is 0.333. The van der Waals surface area contributed by atoms with Crippen LogP contribution >= 0.6 is 0 Å². The number of methoxy groups -OCH3 is 3. The molecule has 2 heterocycles. The zero-order valence-corrected chi connectivity index (χ0v) is 22.8. The van der Waals surface area contributed by atoms with E-state index < -0.39 is 12.2 Å². The van der Waals surface area contributed by atoms with E-state index >= 15 is 0 Å². The van der Waals surface area contributed by atoms with E-state index in [1.807, 2.05) is 72.8 Å². The van der Waals surface area contributed by atoms with Crippen molar-refractivity contribution in [2.24, 2.45) is 0 Å². The Balaban J connectivity index is 1.40. The number of amides is 2. The first kappa shape index (κ1) is 27.0. The molecule has 3 aromatic rings. The molecule has 0 N–H and O–H groups in total. The molecule has 2 aliphatic rings. The van der Waals surface area contributed by atoms with Gasteiger partial charge in [0, 0.05) is 30.9 Å². The predicted molar refractivity (Wildman–Crippen MR) is 147 cm³/mol. The van der Waals surface area contributed by atoms with Gasteiger partial charge in [-0.1, -0.05) is 60.7 Å². The molecule has 10 nitrogen and oxygen atoms in total. The van der Waals surface area contributed by atoms with Crippen LogP contribution in [0.15, 0.2) is 72.8 Å². The van der Waals surface area contributed by atoms with Crippen molar-refractivity contribution in [3.63, 3.8) is 0 Å². The summed E-state index contributed by atoms with van der Waals surface area (Å²) in [6.07, 6.45) is -0.596. The third-order valence-electron chi connectivity index (χ3n) is 7.13. The van der Waals surface area contributed by atoms with E-state index in [-0.39, 0.29) is 25.3 Å². The maximum Gasteiger partial charge on any atom is 0.429 e. The van der Waals surface area contributed by atoms with Crippen molar-refractivity contribution in [3.8, 4) is 17.2 Å². The average Bonchev–Trinajstić information content (AvgIpc) is 3.27. The van der Waals surface area contributed by atoms with E-state index in [4.69, 9.17) is 23.7 Å². The van der Waals surface area contributed by atoms with E-state index in [9.17, 15) is 9.59 Å². The Bertz CT molecular complexity index is 1230. The van der Waals surface area contributed by atoms with Crippen molar-refractivity contribution in [1.29, 1.82) is 0 Å². The number of carbonyl (C=O) groups excluding carboxylic acids is 2. The summed E-state index contributed by atoms with van der Waals surface area (Å²) < 4.78 is 27.9. The van der Waals surface area contributed by atoms with Gasteiger partial charge in [-0.05, 0) is 17.5 Å². The highest BCUT2D eigenvalue weighted by molar-refractivity contribution is 5.76. The van der Waals surface area contributed by atoms with E-state index in [0.717, 1.165) is 16.8 Å². The number of anilines is 1. The summed E-state index contributed by atoms with van der Waals surface area (Å²) in [5, 5.41) is 2.83. The molecule has 210 valence electrons. The van der Waals surface area contributed by atoms with Crippen LogP contribution in [0.5, 0.6) is 17.2 Å². The number of piperidine rings is 1. The Morgan fingerprint density at radius 3 is 1.55 bits per heavy atom. The van der Waals surface area contributed by atoms with Crippen LogP contribution in [0.2, 0.25) is 0 Å². The zero-order chi connectivity index (χ0) is 28.1. The smallest absolute Gasteiger partial charge is 0.429 e. The number of carbonyl (C=O) groups is 2. The van der Waals surface area contributed by atoms with Crippen LogP contribution in [0.1, 0.15) is 17.5 Å². The van der Waals surface area contributed by atoms with Gasteiger partial charge in [-0.25, -0.2) is 19.6 Å². The molecule has 0 aliphatic carbocycles. The summed E-state index contributed by atoms with van der Waals surface area (Å²) >= 11 is 0. The summed E-state index contributed by atoms with van der Waals surface area (Å²) in [7, 11) is 4.69. The maximum atomic E-state index is 13.5. The number of benzene rings is 3. The Labute approximate surface area is 233 Å². The summed E-state index contributed by atoms with van der Waals surface area (Å²) in [4.78, 5) is 29.0. The van der Waals surface area contributed by atoms with Crippen molar-refractivity contribution in [2.45, 2.75) is 31.7 Å². The lowest BCUT2D eigenvalue weighted by Crippen LogP contribution is -2.50. The second kappa shape index (κ2) is 12.1. The van der Waals surface area contributed by atoms with Crippen molar-refractivity contribution in [1.82, 2.24) is 10.0 Å². The topological polar surface area (TPSA) is 90.0 Å². The molecular formula is C30H33N3O7. The molecule has 0 unspecified atom stereocenters. The fourth-order valence-electron chi connectivity index (χ4n) is 5.26. The summed E-state index contributed by atoms with van der Waals surface area (Å²) in [6.45, 7) is 1.13. The van der Waals surface area contributed by atoms with Crippen molar-refractivity contribution < 1.29 is 33.3 Å². The third kappa shape index (κ3) is 5.56. The number of ether oxygens (including phenoxy) is 5. The summed E-state index contributed by atoms with van der Waals surface area (Å²) in [5.41, 5.74) is 2.53. The second-order valence-corrected chi connectivity index (χ2v) is 9.60. The molecule has 0 spiro atoms. The number of nitrogens with zero attached hydrogens (tertiary/aromatic N) is 3. The van der Waals surface area contributed by atoms with Gasteiger partial charge in [0.25, 0.3) is 0 Å². The molecular weight excluding hydrogens is 514 g/mol. The minimum Gasteiger partial charge on any atom is -0.493 e. The van der Waals surface area contributed by atoms with Crippen LogP contribution in [0.25, 0.3) is 0 Å². The SMILES string of the molecule is COc1cc(N2C[C@H]3C[C@@H](C2)N(C(=O)OCc2ccccc2)N3C(=O)OCc2ccccc2)cc(OC)c1OC. The average molecular weight is 548 g/mol. The highest BCUT2D eigenvalue weighted by atomic mass is 16.6. The molecule has 0 radical (unpaired) electrons. The number of rotatable bonds is 8. The third-order valence-corrected chi connectivity index (χ3v) is 7.13. The van der Waals surface area contributed by atoms with E-state index in [2.05, 4.69) is 4.90 Å². The van der Waals surface area contributed by atoms with Crippen LogP contribution in [-0.2, 0) is 22.7 Å². The molecule has 0 aromatic heterocycles. The van der Waals surface area contributed by atoms with Gasteiger partial charge in [-0.2, -0.15) is 0 Å².